The number of halogens is 1. The van der Waals surface area contributed by atoms with Crippen LogP contribution in [0.3, 0.4) is 0 Å². The fourth-order valence-corrected chi connectivity index (χ4v) is 2.30. The number of anilines is 1. The van der Waals surface area contributed by atoms with Crippen LogP contribution >= 0.6 is 0 Å². The van der Waals surface area contributed by atoms with Gasteiger partial charge in [0.2, 0.25) is 0 Å². The highest BCUT2D eigenvalue weighted by Crippen LogP contribution is 2.25. The van der Waals surface area contributed by atoms with E-state index in [0.717, 1.165) is 18.5 Å². The van der Waals surface area contributed by atoms with E-state index in [4.69, 9.17) is 5.73 Å². The minimum absolute atomic E-state index is 0.311. The van der Waals surface area contributed by atoms with Crippen LogP contribution in [0.1, 0.15) is 13.3 Å². The summed E-state index contributed by atoms with van der Waals surface area (Å²) < 4.78 is 15.9. The van der Waals surface area contributed by atoms with Crippen LogP contribution < -0.4 is 5.73 Å². The molecule has 0 spiro atoms. The van der Waals surface area contributed by atoms with E-state index in [2.05, 4.69) is 16.9 Å². The summed E-state index contributed by atoms with van der Waals surface area (Å²) in [6.45, 7) is 2.84. The summed E-state index contributed by atoms with van der Waals surface area (Å²) in [6, 6.07) is 8.58. The van der Waals surface area contributed by atoms with E-state index >= 15 is 0 Å². The molecule has 2 heterocycles. The Kier molecular flexibility index (Phi) is 3.10. The summed E-state index contributed by atoms with van der Waals surface area (Å²) in [6.07, 6.45) is 2.52. The van der Waals surface area contributed by atoms with Crippen LogP contribution in [0.5, 0.6) is 0 Å². The average molecular weight is 270 g/mol. The topological polar surface area (TPSA) is 56.7 Å². The SMILES string of the molecule is CCCn1c(-c2ccc(N)cn2)nc2c(F)cccc21. The van der Waals surface area contributed by atoms with Crippen molar-refractivity contribution in [3.63, 3.8) is 0 Å². The van der Waals surface area contributed by atoms with E-state index in [0.29, 0.717) is 22.7 Å². The van der Waals surface area contributed by atoms with Gasteiger partial charge in [0.05, 0.1) is 17.4 Å². The van der Waals surface area contributed by atoms with E-state index < -0.39 is 0 Å². The first-order valence-corrected chi connectivity index (χ1v) is 6.57. The van der Waals surface area contributed by atoms with Crippen molar-refractivity contribution in [3.05, 3.63) is 42.3 Å². The van der Waals surface area contributed by atoms with Crippen LogP contribution in [-0.2, 0) is 6.54 Å². The van der Waals surface area contributed by atoms with Crippen LogP contribution in [0.4, 0.5) is 10.1 Å². The van der Waals surface area contributed by atoms with Crippen LogP contribution in [-0.4, -0.2) is 14.5 Å². The monoisotopic (exact) mass is 270 g/mol. The van der Waals surface area contributed by atoms with Gasteiger partial charge in [-0.05, 0) is 30.7 Å². The molecule has 0 saturated heterocycles. The van der Waals surface area contributed by atoms with Crippen molar-refractivity contribution in [2.75, 3.05) is 5.73 Å². The van der Waals surface area contributed by atoms with E-state index in [9.17, 15) is 4.39 Å². The van der Waals surface area contributed by atoms with Crippen LogP contribution in [0, 0.1) is 5.82 Å². The number of rotatable bonds is 3. The molecule has 0 amide bonds. The lowest BCUT2D eigenvalue weighted by Gasteiger charge is -2.07. The Morgan fingerprint density at radius 3 is 2.80 bits per heavy atom. The van der Waals surface area contributed by atoms with E-state index in [1.54, 1.807) is 24.4 Å². The molecule has 2 aromatic heterocycles. The third-order valence-electron chi connectivity index (χ3n) is 3.19. The molecule has 0 aliphatic heterocycles. The lowest BCUT2D eigenvalue weighted by Crippen LogP contribution is -2.01. The molecule has 20 heavy (non-hydrogen) atoms. The number of benzene rings is 1. The van der Waals surface area contributed by atoms with Crippen LogP contribution in [0.15, 0.2) is 36.5 Å². The Morgan fingerprint density at radius 1 is 1.25 bits per heavy atom. The molecule has 0 aliphatic rings. The Balaban J connectivity index is 2.26. The number of para-hydroxylation sites is 1. The maximum atomic E-state index is 13.9. The minimum atomic E-state index is -0.311. The summed E-state index contributed by atoms with van der Waals surface area (Å²) in [7, 11) is 0. The first-order valence-electron chi connectivity index (χ1n) is 6.57. The lowest BCUT2D eigenvalue weighted by molar-refractivity contribution is 0.637. The molecule has 0 saturated carbocycles. The zero-order chi connectivity index (χ0) is 14.1. The molecule has 102 valence electrons. The molecule has 0 atom stereocenters. The second-order valence-electron chi connectivity index (χ2n) is 4.67. The van der Waals surface area contributed by atoms with Gasteiger partial charge in [0.1, 0.15) is 11.2 Å². The molecule has 0 radical (unpaired) electrons. The highest BCUT2D eigenvalue weighted by molar-refractivity contribution is 5.80. The Hall–Kier alpha value is -2.43. The van der Waals surface area contributed by atoms with Crippen LogP contribution in [0.25, 0.3) is 22.6 Å². The standard InChI is InChI=1S/C15H15FN4/c1-2-8-20-13-5-3-4-11(16)14(13)19-15(20)12-7-6-10(17)9-18-12/h3-7,9H,2,8,17H2,1H3. The van der Waals surface area contributed by atoms with Crippen molar-refractivity contribution in [3.8, 4) is 11.5 Å². The molecule has 3 aromatic rings. The maximum absolute atomic E-state index is 13.9. The third kappa shape index (κ3) is 2.01. The Bertz CT molecular complexity index is 746. The Morgan fingerprint density at radius 2 is 2.10 bits per heavy atom. The van der Waals surface area contributed by atoms with Gasteiger partial charge in [0, 0.05) is 6.54 Å². The van der Waals surface area contributed by atoms with Crippen molar-refractivity contribution in [2.24, 2.45) is 0 Å². The number of hydrogen-bond acceptors (Lipinski definition) is 3. The first kappa shape index (κ1) is 12.6. The quantitative estimate of drug-likeness (QED) is 0.795. The number of nitrogens with two attached hydrogens (primary N) is 1. The normalized spacial score (nSPS) is 11.1. The lowest BCUT2D eigenvalue weighted by atomic mass is 10.3. The summed E-state index contributed by atoms with van der Waals surface area (Å²) in [4.78, 5) is 8.70. The molecule has 3 rings (SSSR count). The summed E-state index contributed by atoms with van der Waals surface area (Å²) in [5.41, 5.74) is 8.12. The number of nitrogen functional groups attached to an aromatic ring is 1. The largest absolute Gasteiger partial charge is 0.397 e. The zero-order valence-electron chi connectivity index (χ0n) is 11.2. The van der Waals surface area contributed by atoms with Gasteiger partial charge >= 0.3 is 0 Å². The van der Waals surface area contributed by atoms with E-state index in [-0.39, 0.29) is 5.82 Å². The van der Waals surface area contributed by atoms with Crippen molar-refractivity contribution in [1.82, 2.24) is 14.5 Å². The molecule has 5 heteroatoms. The molecule has 0 bridgehead atoms. The fraction of sp³-hybridized carbons (Fsp3) is 0.200. The van der Waals surface area contributed by atoms with Gasteiger partial charge < -0.3 is 10.3 Å². The predicted octanol–water partition coefficient (Wildman–Crippen LogP) is 3.23. The average Bonchev–Trinajstić information content (AvgIpc) is 2.81. The van der Waals surface area contributed by atoms with Gasteiger partial charge in [-0.1, -0.05) is 13.0 Å². The van der Waals surface area contributed by atoms with E-state index in [1.807, 2.05) is 10.6 Å². The van der Waals surface area contributed by atoms with Crippen LogP contribution in [0.2, 0.25) is 0 Å². The second kappa shape index (κ2) is 4.92. The third-order valence-corrected chi connectivity index (χ3v) is 3.19. The summed E-state index contributed by atoms with van der Waals surface area (Å²) in [5, 5.41) is 0. The highest BCUT2D eigenvalue weighted by atomic mass is 19.1. The van der Waals surface area contributed by atoms with Crippen molar-refractivity contribution in [1.29, 1.82) is 0 Å². The van der Waals surface area contributed by atoms with Gasteiger partial charge in [0.15, 0.2) is 11.6 Å². The molecule has 4 nitrogen and oxygen atoms in total. The van der Waals surface area contributed by atoms with Gasteiger partial charge in [-0.25, -0.2) is 9.37 Å². The number of nitrogens with zero attached hydrogens (tertiary/aromatic N) is 3. The van der Waals surface area contributed by atoms with E-state index in [1.165, 1.54) is 6.07 Å². The predicted molar refractivity (Wildman–Crippen MR) is 77.6 cm³/mol. The molecule has 0 aliphatic carbocycles. The zero-order valence-corrected chi connectivity index (χ0v) is 11.2. The number of aryl methyl sites for hydroxylation is 1. The molecule has 2 N–H and O–H groups in total. The molecule has 0 fully saturated rings. The van der Waals surface area contributed by atoms with Gasteiger partial charge in [0.25, 0.3) is 0 Å². The molecular weight excluding hydrogens is 255 g/mol. The number of fused-ring (bicyclic) bond motifs is 1. The summed E-state index contributed by atoms with van der Waals surface area (Å²) >= 11 is 0. The molecular formula is C15H15FN4. The molecule has 1 aromatic carbocycles. The number of aromatic nitrogens is 3. The first-order chi connectivity index (χ1) is 9.70. The van der Waals surface area contributed by atoms with Crippen molar-refractivity contribution < 1.29 is 4.39 Å². The maximum Gasteiger partial charge on any atom is 0.159 e. The number of hydrogen-bond donors (Lipinski definition) is 1. The molecule has 0 unspecified atom stereocenters. The smallest absolute Gasteiger partial charge is 0.159 e. The minimum Gasteiger partial charge on any atom is -0.397 e. The van der Waals surface area contributed by atoms with Gasteiger partial charge in [-0.3, -0.25) is 4.98 Å². The highest BCUT2D eigenvalue weighted by Gasteiger charge is 2.15. The van der Waals surface area contributed by atoms with Crippen molar-refractivity contribution >= 4 is 16.7 Å². The van der Waals surface area contributed by atoms with Crippen molar-refractivity contribution in [2.45, 2.75) is 19.9 Å². The fourth-order valence-electron chi connectivity index (χ4n) is 2.30. The number of imidazole rings is 1. The van der Waals surface area contributed by atoms with Gasteiger partial charge in [-0.15, -0.1) is 0 Å². The summed E-state index contributed by atoms with van der Waals surface area (Å²) in [5.74, 6) is 0.362. The Labute approximate surface area is 116 Å². The second-order valence-corrected chi connectivity index (χ2v) is 4.67. The number of pyridine rings is 1. The van der Waals surface area contributed by atoms with Gasteiger partial charge in [-0.2, -0.15) is 0 Å².